The van der Waals surface area contributed by atoms with Crippen molar-refractivity contribution >= 4 is 27.5 Å². The van der Waals surface area contributed by atoms with Crippen molar-refractivity contribution in [2.75, 3.05) is 6.61 Å². The van der Waals surface area contributed by atoms with Gasteiger partial charge in [-0.25, -0.2) is 17.5 Å². The van der Waals surface area contributed by atoms with E-state index in [4.69, 9.17) is 21.1 Å². The Balaban J connectivity index is 1.39. The predicted octanol–water partition coefficient (Wildman–Crippen LogP) is 4.48. The first-order valence-corrected chi connectivity index (χ1v) is 13.0. The molecule has 0 radical (unpaired) electrons. The lowest BCUT2D eigenvalue weighted by Crippen LogP contribution is -2.31. The number of hydrogen-bond donors (Lipinski definition) is 1. The third kappa shape index (κ3) is 6.12. The van der Waals surface area contributed by atoms with Crippen molar-refractivity contribution in [3.8, 4) is 11.5 Å². The summed E-state index contributed by atoms with van der Waals surface area (Å²) in [7, 11) is -2.48. The highest BCUT2D eigenvalue weighted by atomic mass is 35.5. The molecule has 1 aliphatic carbocycles. The van der Waals surface area contributed by atoms with Crippen molar-refractivity contribution in [2.45, 2.75) is 37.2 Å². The summed E-state index contributed by atoms with van der Waals surface area (Å²) in [4.78, 5) is 12.4. The number of rotatable bonds is 9. The van der Waals surface area contributed by atoms with Gasteiger partial charge in [0.2, 0.25) is 0 Å². The molecule has 2 aromatic carbocycles. The lowest BCUT2D eigenvalue weighted by molar-refractivity contribution is 0.0977. The second-order valence-electron chi connectivity index (χ2n) is 8.36. The zero-order chi connectivity index (χ0) is 25.0. The molecule has 1 heterocycles. The summed E-state index contributed by atoms with van der Waals surface area (Å²) in [6, 6.07) is 9.38. The van der Waals surface area contributed by atoms with E-state index in [-0.39, 0.29) is 22.3 Å². The molecule has 0 saturated heterocycles. The Kier molecular flexibility index (Phi) is 7.61. The minimum atomic E-state index is -4.26. The highest BCUT2D eigenvalue weighted by Gasteiger charge is 2.23. The molecule has 1 N–H and O–H groups in total. The van der Waals surface area contributed by atoms with E-state index in [0.29, 0.717) is 18.3 Å². The van der Waals surface area contributed by atoms with Crippen LogP contribution in [0.25, 0.3) is 0 Å². The average molecular weight is 522 g/mol. The van der Waals surface area contributed by atoms with Crippen LogP contribution in [-0.2, 0) is 23.7 Å². The second kappa shape index (κ2) is 10.7. The Morgan fingerprint density at radius 3 is 2.54 bits per heavy atom. The van der Waals surface area contributed by atoms with Crippen molar-refractivity contribution in [1.82, 2.24) is 14.5 Å². The average Bonchev–Trinajstić information content (AvgIpc) is 3.49. The van der Waals surface area contributed by atoms with E-state index in [2.05, 4.69) is 5.10 Å². The molecular formula is C24H25ClFN3O5S. The number of hydrogen-bond acceptors (Lipinski definition) is 6. The Bertz CT molecular complexity index is 1310. The molecule has 1 aliphatic rings. The number of carbonyl (C=O) groups excluding carboxylic acids is 1. The van der Waals surface area contributed by atoms with Gasteiger partial charge < -0.3 is 9.47 Å². The molecule has 0 aliphatic heterocycles. The first kappa shape index (κ1) is 25.0. The summed E-state index contributed by atoms with van der Waals surface area (Å²) in [6.07, 6.45) is 6.03. The van der Waals surface area contributed by atoms with Gasteiger partial charge in [0.05, 0.1) is 27.8 Å². The van der Waals surface area contributed by atoms with Gasteiger partial charge in [0.15, 0.2) is 0 Å². The van der Waals surface area contributed by atoms with E-state index in [1.165, 1.54) is 24.3 Å². The van der Waals surface area contributed by atoms with Crippen molar-refractivity contribution in [1.29, 1.82) is 0 Å². The van der Waals surface area contributed by atoms with Crippen LogP contribution in [0, 0.1) is 11.7 Å². The molecule has 0 atom stereocenters. The van der Waals surface area contributed by atoms with E-state index in [1.54, 1.807) is 24.0 Å². The number of sulfonamides is 1. The monoisotopic (exact) mass is 521 g/mol. The number of nitrogens with one attached hydrogen (secondary N) is 1. The van der Waals surface area contributed by atoms with Gasteiger partial charge in [0.25, 0.3) is 15.9 Å². The first-order valence-electron chi connectivity index (χ1n) is 11.1. The fraction of sp³-hybridized carbons (Fsp3) is 0.333. The number of aryl methyl sites for hydroxylation is 1. The molecule has 3 aromatic rings. The number of carbonyl (C=O) groups is 1. The maximum Gasteiger partial charge on any atom is 0.268 e. The van der Waals surface area contributed by atoms with Crippen LogP contribution in [0.3, 0.4) is 0 Å². The Morgan fingerprint density at radius 2 is 1.89 bits per heavy atom. The molecule has 1 saturated carbocycles. The summed E-state index contributed by atoms with van der Waals surface area (Å²) in [5.74, 6) is -1.11. The normalized spacial score (nSPS) is 14.1. The number of benzene rings is 2. The smallest absolute Gasteiger partial charge is 0.268 e. The van der Waals surface area contributed by atoms with Crippen LogP contribution in [0.4, 0.5) is 4.39 Å². The third-order valence-electron chi connectivity index (χ3n) is 5.89. The van der Waals surface area contributed by atoms with Gasteiger partial charge in [0, 0.05) is 19.3 Å². The molecule has 8 nitrogen and oxygen atoms in total. The molecule has 4 rings (SSSR count). The topological polar surface area (TPSA) is 99.5 Å². The lowest BCUT2D eigenvalue weighted by atomic mass is 10.1. The molecule has 0 bridgehead atoms. The van der Waals surface area contributed by atoms with Crippen molar-refractivity contribution < 1.29 is 27.1 Å². The van der Waals surface area contributed by atoms with E-state index in [9.17, 15) is 17.6 Å². The van der Waals surface area contributed by atoms with Crippen LogP contribution in [-0.4, -0.2) is 30.7 Å². The fourth-order valence-corrected chi connectivity index (χ4v) is 5.03. The summed E-state index contributed by atoms with van der Waals surface area (Å²) < 4.78 is 54.7. The SMILES string of the molecule is Cn1nccc1COc1ccc(S(=O)(=O)NC(=O)c2cc(Cl)c(OCC3CCCC3)cc2F)cc1. The highest BCUT2D eigenvalue weighted by Crippen LogP contribution is 2.31. The molecule has 0 spiro atoms. The van der Waals surface area contributed by atoms with Crippen LogP contribution in [0.5, 0.6) is 11.5 Å². The standard InChI is InChI=1S/C24H25ClFN3O5S/c1-29-17(10-11-27-29)15-33-18-6-8-19(9-7-18)35(31,32)28-24(30)20-12-21(25)23(13-22(20)26)34-14-16-4-2-3-5-16/h6-13,16H,2-5,14-15H2,1H3,(H,28,30). The van der Waals surface area contributed by atoms with E-state index >= 15 is 0 Å². The van der Waals surface area contributed by atoms with Gasteiger partial charge in [0.1, 0.15) is 23.9 Å². The van der Waals surface area contributed by atoms with Gasteiger partial charge in [-0.1, -0.05) is 24.4 Å². The minimum absolute atomic E-state index is 0.0295. The van der Waals surface area contributed by atoms with Crippen molar-refractivity contribution in [3.63, 3.8) is 0 Å². The minimum Gasteiger partial charge on any atom is -0.492 e. The maximum atomic E-state index is 14.6. The molecular weight excluding hydrogens is 497 g/mol. The molecule has 1 aromatic heterocycles. The number of nitrogens with zero attached hydrogens (tertiary/aromatic N) is 2. The summed E-state index contributed by atoms with van der Waals surface area (Å²) in [5, 5.41) is 4.07. The van der Waals surface area contributed by atoms with Crippen LogP contribution >= 0.6 is 11.6 Å². The Labute approximate surface area is 208 Å². The molecule has 0 unspecified atom stereocenters. The first-order chi connectivity index (χ1) is 16.7. The number of halogens is 2. The van der Waals surface area contributed by atoms with Crippen LogP contribution in [0.2, 0.25) is 5.02 Å². The summed E-state index contributed by atoms with van der Waals surface area (Å²) in [6.45, 7) is 0.667. The zero-order valence-corrected chi connectivity index (χ0v) is 20.6. The van der Waals surface area contributed by atoms with Gasteiger partial charge >= 0.3 is 0 Å². The van der Waals surface area contributed by atoms with Crippen LogP contribution in [0.15, 0.2) is 53.6 Å². The van der Waals surface area contributed by atoms with Gasteiger partial charge in [-0.05, 0) is 55.2 Å². The summed E-state index contributed by atoms with van der Waals surface area (Å²) in [5.41, 5.74) is 0.340. The largest absolute Gasteiger partial charge is 0.492 e. The van der Waals surface area contributed by atoms with E-state index in [1.807, 2.05) is 4.72 Å². The molecule has 1 fully saturated rings. The summed E-state index contributed by atoms with van der Waals surface area (Å²) >= 11 is 6.17. The maximum absolute atomic E-state index is 14.6. The molecule has 1 amide bonds. The van der Waals surface area contributed by atoms with E-state index < -0.39 is 27.3 Å². The number of aromatic nitrogens is 2. The number of ether oxygens (including phenoxy) is 2. The van der Waals surface area contributed by atoms with Crippen LogP contribution < -0.4 is 14.2 Å². The lowest BCUT2D eigenvalue weighted by Gasteiger charge is -2.14. The van der Waals surface area contributed by atoms with Crippen molar-refractivity contribution in [2.24, 2.45) is 13.0 Å². The highest BCUT2D eigenvalue weighted by molar-refractivity contribution is 7.90. The Hall–Kier alpha value is -3.11. The van der Waals surface area contributed by atoms with E-state index in [0.717, 1.165) is 43.5 Å². The third-order valence-corrected chi connectivity index (χ3v) is 7.53. The van der Waals surface area contributed by atoms with Gasteiger partial charge in [-0.15, -0.1) is 0 Å². The quantitative estimate of drug-likeness (QED) is 0.445. The zero-order valence-electron chi connectivity index (χ0n) is 19.0. The second-order valence-corrected chi connectivity index (χ2v) is 10.5. The van der Waals surface area contributed by atoms with Gasteiger partial charge in [-0.2, -0.15) is 5.10 Å². The molecule has 11 heteroatoms. The predicted molar refractivity (Wildman–Crippen MR) is 127 cm³/mol. The Morgan fingerprint density at radius 1 is 1.17 bits per heavy atom. The molecule has 35 heavy (non-hydrogen) atoms. The number of amides is 1. The van der Waals surface area contributed by atoms with Crippen molar-refractivity contribution in [3.05, 3.63) is 70.8 Å². The van der Waals surface area contributed by atoms with Gasteiger partial charge in [-0.3, -0.25) is 9.48 Å². The molecule has 186 valence electrons. The fourth-order valence-electron chi connectivity index (χ4n) is 3.85. The van der Waals surface area contributed by atoms with Crippen LogP contribution in [0.1, 0.15) is 41.7 Å².